The van der Waals surface area contributed by atoms with Gasteiger partial charge in [-0.1, -0.05) is 11.6 Å². The summed E-state index contributed by atoms with van der Waals surface area (Å²) in [7, 11) is 0. The van der Waals surface area contributed by atoms with Crippen LogP contribution in [0.25, 0.3) is 22.4 Å². The number of aryl methyl sites for hydroxylation is 1. The molecule has 0 spiro atoms. The molecule has 0 aliphatic rings. The largest absolute Gasteiger partial charge is 0.462 e. The van der Waals surface area contributed by atoms with Gasteiger partial charge in [0, 0.05) is 34.4 Å². The van der Waals surface area contributed by atoms with Crippen molar-refractivity contribution in [2.75, 3.05) is 6.61 Å². The van der Waals surface area contributed by atoms with Gasteiger partial charge in [-0.3, -0.25) is 9.97 Å². The van der Waals surface area contributed by atoms with Gasteiger partial charge in [-0.25, -0.2) is 4.79 Å². The summed E-state index contributed by atoms with van der Waals surface area (Å²) in [5, 5.41) is 9.37. The van der Waals surface area contributed by atoms with Gasteiger partial charge in [0.05, 0.1) is 17.7 Å². The van der Waals surface area contributed by atoms with Crippen molar-refractivity contribution in [1.29, 1.82) is 0 Å². The van der Waals surface area contributed by atoms with Gasteiger partial charge in [-0.2, -0.15) is 0 Å². The van der Waals surface area contributed by atoms with Crippen LogP contribution in [0.1, 0.15) is 22.8 Å². The van der Waals surface area contributed by atoms with E-state index in [9.17, 15) is 4.79 Å². The molecular weight excluding hydrogens is 376 g/mol. The van der Waals surface area contributed by atoms with E-state index in [4.69, 9.17) is 9.15 Å². The molecular formula is C20H16N4O3S. The summed E-state index contributed by atoms with van der Waals surface area (Å²) in [5.41, 5.74) is 2.97. The number of hydrogen-bond acceptors (Lipinski definition) is 8. The van der Waals surface area contributed by atoms with Crippen molar-refractivity contribution in [3.8, 4) is 11.5 Å². The molecule has 0 bridgehead atoms. The Morgan fingerprint density at radius 1 is 1.18 bits per heavy atom. The van der Waals surface area contributed by atoms with Crippen molar-refractivity contribution < 1.29 is 13.9 Å². The number of fused-ring (bicyclic) bond motifs is 1. The van der Waals surface area contributed by atoms with Gasteiger partial charge in [-0.05, 0) is 49.9 Å². The van der Waals surface area contributed by atoms with Crippen LogP contribution in [0, 0.1) is 6.92 Å². The molecule has 28 heavy (non-hydrogen) atoms. The van der Waals surface area contributed by atoms with Crippen LogP contribution in [0.2, 0.25) is 0 Å². The third-order valence-electron chi connectivity index (χ3n) is 3.99. The number of pyridine rings is 2. The average Bonchev–Trinajstić information content (AvgIpc) is 3.18. The SMILES string of the molecule is CCOC(=O)c1cnc2ccc(C)cc2c1Sc1nnc(-c2ccncc2)o1. The van der Waals surface area contributed by atoms with Crippen molar-refractivity contribution in [2.24, 2.45) is 0 Å². The average molecular weight is 392 g/mol. The number of rotatable bonds is 5. The van der Waals surface area contributed by atoms with Gasteiger partial charge in [0.15, 0.2) is 0 Å². The van der Waals surface area contributed by atoms with Gasteiger partial charge in [0.2, 0.25) is 5.89 Å². The molecule has 0 aliphatic carbocycles. The second kappa shape index (κ2) is 7.77. The van der Waals surface area contributed by atoms with Crippen LogP contribution >= 0.6 is 11.8 Å². The number of ether oxygens (including phenoxy) is 1. The van der Waals surface area contributed by atoms with Crippen molar-refractivity contribution in [3.05, 3.63) is 60.0 Å². The topological polar surface area (TPSA) is 91.0 Å². The molecule has 3 heterocycles. The molecule has 0 saturated heterocycles. The third kappa shape index (κ3) is 3.59. The lowest BCUT2D eigenvalue weighted by Gasteiger charge is -2.10. The molecule has 0 fully saturated rings. The predicted octanol–water partition coefficient (Wildman–Crippen LogP) is 4.32. The first-order chi connectivity index (χ1) is 13.7. The lowest BCUT2D eigenvalue weighted by molar-refractivity contribution is 0.0522. The monoisotopic (exact) mass is 392 g/mol. The molecule has 0 N–H and O–H groups in total. The lowest BCUT2D eigenvalue weighted by atomic mass is 10.1. The summed E-state index contributed by atoms with van der Waals surface area (Å²) in [6.45, 7) is 4.03. The standard InChI is InChI=1S/C20H16N4O3S/c1-3-26-19(25)15-11-22-16-5-4-12(2)10-14(16)17(15)28-20-24-23-18(27-20)13-6-8-21-9-7-13/h4-11H,3H2,1-2H3. The number of nitrogens with zero attached hydrogens (tertiary/aromatic N) is 4. The highest BCUT2D eigenvalue weighted by Gasteiger charge is 2.20. The van der Waals surface area contributed by atoms with Crippen LogP contribution < -0.4 is 0 Å². The summed E-state index contributed by atoms with van der Waals surface area (Å²) in [4.78, 5) is 21.5. The Labute approximate surface area is 165 Å². The third-order valence-corrected chi connectivity index (χ3v) is 4.98. The smallest absolute Gasteiger partial charge is 0.340 e. The highest BCUT2D eigenvalue weighted by atomic mass is 32.2. The molecule has 1 aromatic carbocycles. The number of benzene rings is 1. The minimum Gasteiger partial charge on any atom is -0.462 e. The maximum atomic E-state index is 12.5. The van der Waals surface area contributed by atoms with E-state index in [0.717, 1.165) is 22.0 Å². The Hall–Kier alpha value is -3.26. The Morgan fingerprint density at radius 3 is 2.79 bits per heavy atom. The lowest BCUT2D eigenvalue weighted by Crippen LogP contribution is -2.07. The van der Waals surface area contributed by atoms with E-state index in [-0.39, 0.29) is 6.61 Å². The fraction of sp³-hybridized carbons (Fsp3) is 0.150. The fourth-order valence-corrected chi connectivity index (χ4v) is 3.59. The minimum atomic E-state index is -0.435. The van der Waals surface area contributed by atoms with Crippen LogP contribution in [-0.4, -0.2) is 32.7 Å². The second-order valence-electron chi connectivity index (χ2n) is 5.95. The van der Waals surface area contributed by atoms with Crippen LogP contribution in [0.3, 0.4) is 0 Å². The van der Waals surface area contributed by atoms with Crippen molar-refractivity contribution >= 4 is 28.6 Å². The highest BCUT2D eigenvalue weighted by Crippen LogP contribution is 2.36. The van der Waals surface area contributed by atoms with E-state index in [1.165, 1.54) is 18.0 Å². The van der Waals surface area contributed by atoms with E-state index in [0.29, 0.717) is 21.6 Å². The van der Waals surface area contributed by atoms with Crippen LogP contribution in [0.15, 0.2) is 63.5 Å². The number of aromatic nitrogens is 4. The summed E-state index contributed by atoms with van der Waals surface area (Å²) in [5.74, 6) is -0.0492. The van der Waals surface area contributed by atoms with Gasteiger partial charge in [0.25, 0.3) is 5.22 Å². The van der Waals surface area contributed by atoms with Gasteiger partial charge in [-0.15, -0.1) is 10.2 Å². The Kier molecular flexibility index (Phi) is 5.03. The molecule has 4 rings (SSSR count). The number of carbonyl (C=O) groups excluding carboxylic acids is 1. The predicted molar refractivity (Wildman–Crippen MR) is 104 cm³/mol. The van der Waals surface area contributed by atoms with Crippen molar-refractivity contribution in [1.82, 2.24) is 20.2 Å². The highest BCUT2D eigenvalue weighted by molar-refractivity contribution is 7.99. The van der Waals surface area contributed by atoms with Gasteiger partial charge >= 0.3 is 5.97 Å². The first-order valence-corrected chi connectivity index (χ1v) is 9.45. The summed E-state index contributed by atoms with van der Waals surface area (Å²) < 4.78 is 11.0. The maximum Gasteiger partial charge on any atom is 0.340 e. The van der Waals surface area contributed by atoms with Crippen LogP contribution in [-0.2, 0) is 4.74 Å². The van der Waals surface area contributed by atoms with Crippen molar-refractivity contribution in [2.45, 2.75) is 24.0 Å². The van der Waals surface area contributed by atoms with E-state index < -0.39 is 5.97 Å². The zero-order valence-corrected chi connectivity index (χ0v) is 16.1. The quantitative estimate of drug-likeness (QED) is 0.464. The number of hydrogen-bond donors (Lipinski definition) is 0. The molecule has 0 aliphatic heterocycles. The Morgan fingerprint density at radius 2 is 2.00 bits per heavy atom. The van der Waals surface area contributed by atoms with Gasteiger partial charge < -0.3 is 9.15 Å². The number of carbonyl (C=O) groups is 1. The van der Waals surface area contributed by atoms with Crippen molar-refractivity contribution in [3.63, 3.8) is 0 Å². The maximum absolute atomic E-state index is 12.5. The zero-order valence-electron chi connectivity index (χ0n) is 15.2. The summed E-state index contributed by atoms with van der Waals surface area (Å²) in [6, 6.07) is 9.45. The molecule has 0 atom stereocenters. The second-order valence-corrected chi connectivity index (χ2v) is 6.91. The fourth-order valence-electron chi connectivity index (χ4n) is 2.70. The first kappa shape index (κ1) is 18.1. The van der Waals surface area contributed by atoms with E-state index in [1.807, 2.05) is 25.1 Å². The summed E-state index contributed by atoms with van der Waals surface area (Å²) in [6.07, 6.45) is 4.84. The minimum absolute atomic E-state index is 0.279. The molecule has 0 amide bonds. The van der Waals surface area contributed by atoms with E-state index >= 15 is 0 Å². The first-order valence-electron chi connectivity index (χ1n) is 8.64. The van der Waals surface area contributed by atoms with E-state index in [1.54, 1.807) is 31.5 Å². The molecule has 7 nitrogen and oxygen atoms in total. The van der Waals surface area contributed by atoms with Crippen LogP contribution in [0.5, 0.6) is 0 Å². The Balaban J connectivity index is 1.78. The summed E-state index contributed by atoms with van der Waals surface area (Å²) >= 11 is 1.23. The van der Waals surface area contributed by atoms with Crippen LogP contribution in [0.4, 0.5) is 0 Å². The molecule has 8 heteroatoms. The molecule has 0 radical (unpaired) electrons. The Bertz CT molecular complexity index is 1140. The van der Waals surface area contributed by atoms with E-state index in [2.05, 4.69) is 20.2 Å². The zero-order chi connectivity index (χ0) is 19.5. The molecule has 3 aromatic heterocycles. The normalized spacial score (nSPS) is 10.9. The van der Waals surface area contributed by atoms with Gasteiger partial charge in [0.1, 0.15) is 0 Å². The molecule has 0 saturated carbocycles. The molecule has 0 unspecified atom stereocenters. The molecule has 140 valence electrons. The number of esters is 1. The molecule has 4 aromatic rings.